The topological polar surface area (TPSA) is 0 Å². The molecule has 13 heavy (non-hydrogen) atoms. The number of hydrogen-bond donors (Lipinski definition) is 0. The van der Waals surface area contributed by atoms with E-state index < -0.39 is 0 Å². The third kappa shape index (κ3) is 2.27. The van der Waals surface area contributed by atoms with Gasteiger partial charge >= 0.3 is 0 Å². The van der Waals surface area contributed by atoms with Gasteiger partial charge in [0, 0.05) is 0 Å². The zero-order chi connectivity index (χ0) is 9.10. The van der Waals surface area contributed by atoms with E-state index in [2.05, 4.69) is 6.92 Å². The van der Waals surface area contributed by atoms with Crippen LogP contribution in [0.15, 0.2) is 0 Å². The Bertz CT molecular complexity index is 144. The van der Waals surface area contributed by atoms with Crippen molar-refractivity contribution in [3.63, 3.8) is 0 Å². The first-order valence-corrected chi connectivity index (χ1v) is 6.38. The van der Waals surface area contributed by atoms with Gasteiger partial charge in [0.1, 0.15) is 0 Å². The molecule has 0 nitrogen and oxygen atoms in total. The molecule has 2 atom stereocenters. The summed E-state index contributed by atoms with van der Waals surface area (Å²) in [5.41, 5.74) is 0. The summed E-state index contributed by atoms with van der Waals surface area (Å²) in [5.74, 6) is 3.26. The third-order valence-corrected chi connectivity index (χ3v) is 4.43. The van der Waals surface area contributed by atoms with Gasteiger partial charge in [0.15, 0.2) is 0 Å². The zero-order valence-electron chi connectivity index (χ0n) is 9.10. The van der Waals surface area contributed by atoms with Crippen molar-refractivity contribution < 1.29 is 0 Å². The lowest BCUT2D eigenvalue weighted by molar-refractivity contribution is 0.140. The average molecular weight is 180 g/mol. The summed E-state index contributed by atoms with van der Waals surface area (Å²) >= 11 is 0. The second kappa shape index (κ2) is 4.48. The summed E-state index contributed by atoms with van der Waals surface area (Å²) < 4.78 is 0. The Labute approximate surface area is 83.1 Å². The summed E-state index contributed by atoms with van der Waals surface area (Å²) in [6.45, 7) is 2.50. The van der Waals surface area contributed by atoms with E-state index in [1.165, 1.54) is 38.5 Å². The van der Waals surface area contributed by atoms with Crippen LogP contribution in [-0.2, 0) is 0 Å². The normalized spacial score (nSPS) is 37.6. The van der Waals surface area contributed by atoms with E-state index in [1.54, 1.807) is 19.3 Å². The highest BCUT2D eigenvalue weighted by Crippen LogP contribution is 2.41. The highest BCUT2D eigenvalue weighted by Gasteiger charge is 2.29. The van der Waals surface area contributed by atoms with Crippen LogP contribution in [0.1, 0.15) is 64.7 Å². The van der Waals surface area contributed by atoms with Crippen LogP contribution >= 0.6 is 0 Å². The molecule has 2 fully saturated rings. The van der Waals surface area contributed by atoms with Gasteiger partial charge in [-0.3, -0.25) is 0 Å². The van der Waals surface area contributed by atoms with Crippen LogP contribution in [0.4, 0.5) is 0 Å². The van der Waals surface area contributed by atoms with Crippen LogP contribution in [0.5, 0.6) is 0 Å². The molecular weight excluding hydrogens is 156 g/mol. The minimum atomic E-state index is 1.04. The third-order valence-electron chi connectivity index (χ3n) is 4.43. The van der Waals surface area contributed by atoms with Gasteiger partial charge in [-0.15, -0.1) is 0 Å². The van der Waals surface area contributed by atoms with Gasteiger partial charge in [-0.1, -0.05) is 58.3 Å². The van der Waals surface area contributed by atoms with E-state index in [4.69, 9.17) is 0 Å². The SMILES string of the molecule is C[C@H]1CCCC[C@H]1C1CCCCC1. The maximum absolute atomic E-state index is 2.50. The van der Waals surface area contributed by atoms with Gasteiger partial charge in [0.05, 0.1) is 0 Å². The molecule has 0 heterocycles. The van der Waals surface area contributed by atoms with E-state index in [-0.39, 0.29) is 0 Å². The standard InChI is InChI=1S/C13H24/c1-11-7-5-6-10-13(11)12-8-3-2-4-9-12/h11-13H,2-10H2,1H3/t11-,13+/m0/s1. The van der Waals surface area contributed by atoms with Gasteiger partial charge in [-0.05, 0) is 24.2 Å². The Kier molecular flexibility index (Phi) is 3.29. The molecule has 0 saturated heterocycles. The van der Waals surface area contributed by atoms with Crippen LogP contribution < -0.4 is 0 Å². The van der Waals surface area contributed by atoms with Crippen molar-refractivity contribution in [2.75, 3.05) is 0 Å². The maximum Gasteiger partial charge on any atom is -0.0360 e. The lowest BCUT2D eigenvalue weighted by Crippen LogP contribution is -2.26. The predicted octanol–water partition coefficient (Wildman–Crippen LogP) is 4.39. The predicted molar refractivity (Wildman–Crippen MR) is 57.7 cm³/mol. The largest absolute Gasteiger partial charge is 0.0622 e. The van der Waals surface area contributed by atoms with Crippen molar-refractivity contribution >= 4 is 0 Å². The van der Waals surface area contributed by atoms with Crippen molar-refractivity contribution in [3.8, 4) is 0 Å². The summed E-state index contributed by atoms with van der Waals surface area (Å²) in [4.78, 5) is 0. The van der Waals surface area contributed by atoms with E-state index in [1.807, 2.05) is 0 Å². The molecule has 0 aromatic heterocycles. The summed E-state index contributed by atoms with van der Waals surface area (Å²) in [5, 5.41) is 0. The molecule has 0 unspecified atom stereocenters. The Morgan fingerprint density at radius 1 is 0.692 bits per heavy atom. The number of hydrogen-bond acceptors (Lipinski definition) is 0. The highest BCUT2D eigenvalue weighted by molar-refractivity contribution is 4.80. The molecule has 2 aliphatic rings. The first-order chi connectivity index (χ1) is 6.38. The first kappa shape index (κ1) is 9.55. The van der Waals surface area contributed by atoms with Gasteiger partial charge in [-0.2, -0.15) is 0 Å². The smallest absolute Gasteiger partial charge is 0.0360 e. The molecule has 0 aromatic rings. The molecule has 76 valence electrons. The first-order valence-electron chi connectivity index (χ1n) is 6.38. The van der Waals surface area contributed by atoms with Crippen molar-refractivity contribution in [2.45, 2.75) is 64.7 Å². The minimum absolute atomic E-state index is 1.04. The lowest BCUT2D eigenvalue weighted by Gasteiger charge is -2.37. The van der Waals surface area contributed by atoms with Crippen molar-refractivity contribution in [1.82, 2.24) is 0 Å². The van der Waals surface area contributed by atoms with Crippen molar-refractivity contribution in [1.29, 1.82) is 0 Å². The maximum atomic E-state index is 2.50. The lowest BCUT2D eigenvalue weighted by atomic mass is 9.69. The molecule has 2 rings (SSSR count). The second-order valence-electron chi connectivity index (χ2n) is 5.32. The van der Waals surface area contributed by atoms with Gasteiger partial charge < -0.3 is 0 Å². The van der Waals surface area contributed by atoms with E-state index in [0.717, 1.165) is 17.8 Å². The molecule has 0 amide bonds. The zero-order valence-corrected chi connectivity index (χ0v) is 9.10. The van der Waals surface area contributed by atoms with E-state index in [9.17, 15) is 0 Å². The molecule has 0 aliphatic heterocycles. The Balaban J connectivity index is 1.88. The van der Waals surface area contributed by atoms with Crippen molar-refractivity contribution in [3.05, 3.63) is 0 Å². The second-order valence-corrected chi connectivity index (χ2v) is 5.32. The average Bonchev–Trinajstić information content (AvgIpc) is 2.20. The fraction of sp³-hybridized carbons (Fsp3) is 1.00. The number of rotatable bonds is 1. The van der Waals surface area contributed by atoms with Gasteiger partial charge in [0.25, 0.3) is 0 Å². The Morgan fingerprint density at radius 3 is 2.00 bits per heavy atom. The summed E-state index contributed by atoms with van der Waals surface area (Å²) in [6.07, 6.45) is 13.7. The molecule has 0 aromatic carbocycles. The summed E-state index contributed by atoms with van der Waals surface area (Å²) in [6, 6.07) is 0. The van der Waals surface area contributed by atoms with Crippen LogP contribution in [0.25, 0.3) is 0 Å². The minimum Gasteiger partial charge on any atom is -0.0622 e. The Hall–Kier alpha value is 0. The highest BCUT2D eigenvalue weighted by atomic mass is 14.3. The molecule has 0 N–H and O–H groups in total. The molecule has 0 radical (unpaired) electrons. The van der Waals surface area contributed by atoms with Crippen LogP contribution in [-0.4, -0.2) is 0 Å². The Morgan fingerprint density at radius 2 is 1.31 bits per heavy atom. The van der Waals surface area contributed by atoms with E-state index >= 15 is 0 Å². The molecule has 2 aliphatic carbocycles. The summed E-state index contributed by atoms with van der Waals surface area (Å²) in [7, 11) is 0. The van der Waals surface area contributed by atoms with E-state index in [0.29, 0.717) is 0 Å². The molecule has 0 bridgehead atoms. The fourth-order valence-corrected chi connectivity index (χ4v) is 3.61. The quantitative estimate of drug-likeness (QED) is 0.561. The fourth-order valence-electron chi connectivity index (χ4n) is 3.61. The van der Waals surface area contributed by atoms with Crippen molar-refractivity contribution in [2.24, 2.45) is 17.8 Å². The van der Waals surface area contributed by atoms with Gasteiger partial charge in [0.2, 0.25) is 0 Å². The molecular formula is C13H24. The monoisotopic (exact) mass is 180 g/mol. The van der Waals surface area contributed by atoms with Crippen LogP contribution in [0.2, 0.25) is 0 Å². The molecule has 0 heteroatoms. The molecule has 2 saturated carbocycles. The van der Waals surface area contributed by atoms with Crippen LogP contribution in [0, 0.1) is 17.8 Å². The van der Waals surface area contributed by atoms with Gasteiger partial charge in [-0.25, -0.2) is 0 Å². The van der Waals surface area contributed by atoms with Crippen LogP contribution in [0.3, 0.4) is 0 Å². The molecule has 0 spiro atoms.